The molecule has 2 heterocycles. The van der Waals surface area contributed by atoms with Gasteiger partial charge in [-0.05, 0) is 18.6 Å². The minimum atomic E-state index is -1.56. The molecule has 2 atom stereocenters. The number of alkyl halides is 1. The summed E-state index contributed by atoms with van der Waals surface area (Å²) in [6.07, 6.45) is 4.63. The minimum absolute atomic E-state index is 0.0389. The van der Waals surface area contributed by atoms with Crippen LogP contribution in [0, 0.1) is 29.5 Å². The lowest BCUT2D eigenvalue weighted by atomic mass is 9.83. The van der Waals surface area contributed by atoms with Gasteiger partial charge in [-0.2, -0.15) is 10.4 Å². The number of nitrogens with two attached hydrogens (primary N) is 1. The Hall–Kier alpha value is -3.76. The molecule has 8 nitrogen and oxygen atoms in total. The first-order valence-electron chi connectivity index (χ1n) is 10.2. The summed E-state index contributed by atoms with van der Waals surface area (Å²) in [6.45, 7) is 0.422. The van der Waals surface area contributed by atoms with Gasteiger partial charge >= 0.3 is 5.97 Å². The summed E-state index contributed by atoms with van der Waals surface area (Å²) >= 11 is 0. The van der Waals surface area contributed by atoms with Gasteiger partial charge in [0.1, 0.15) is 17.5 Å². The van der Waals surface area contributed by atoms with Gasteiger partial charge in [-0.15, -0.1) is 6.42 Å². The van der Waals surface area contributed by atoms with Crippen LogP contribution < -0.4 is 5.73 Å². The van der Waals surface area contributed by atoms with Crippen LogP contribution in [0.4, 0.5) is 8.78 Å². The van der Waals surface area contributed by atoms with Crippen molar-refractivity contribution in [1.29, 1.82) is 5.26 Å². The SMILES string of the molecule is C#Cc1ccc(CN2CCC(CC#N)(n3cc(C(N)=O)c(CC(=O)OC)n3)C(F)C2)c(F)c1. The maximum Gasteiger partial charge on any atom is 0.311 e. The monoisotopic (exact) mass is 455 g/mol. The number of halogens is 2. The number of carbonyl (C=O) groups is 2. The molecule has 3 rings (SSSR count). The Labute approximate surface area is 189 Å². The van der Waals surface area contributed by atoms with Gasteiger partial charge in [0, 0.05) is 37.0 Å². The van der Waals surface area contributed by atoms with E-state index in [1.807, 2.05) is 6.07 Å². The highest BCUT2D eigenvalue weighted by atomic mass is 19.1. The van der Waals surface area contributed by atoms with E-state index in [-0.39, 0.29) is 43.6 Å². The molecule has 33 heavy (non-hydrogen) atoms. The summed E-state index contributed by atoms with van der Waals surface area (Å²) in [5.74, 6) is 0.426. The van der Waals surface area contributed by atoms with E-state index in [2.05, 4.69) is 15.8 Å². The van der Waals surface area contributed by atoms with Crippen LogP contribution >= 0.6 is 0 Å². The number of terminal acetylenes is 1. The van der Waals surface area contributed by atoms with E-state index in [9.17, 15) is 19.2 Å². The Morgan fingerprint density at radius 2 is 2.21 bits per heavy atom. The van der Waals surface area contributed by atoms with Gasteiger partial charge in [0.05, 0.1) is 37.3 Å². The number of primary amides is 1. The molecule has 1 aliphatic heterocycles. The van der Waals surface area contributed by atoms with E-state index >= 15 is 4.39 Å². The third-order valence-electron chi connectivity index (χ3n) is 5.91. The van der Waals surface area contributed by atoms with Crippen LogP contribution in [0.1, 0.15) is 40.0 Å². The normalized spacial score (nSPS) is 20.6. The molecule has 172 valence electrons. The Morgan fingerprint density at radius 3 is 2.79 bits per heavy atom. The molecule has 10 heteroatoms. The van der Waals surface area contributed by atoms with Crippen LogP contribution in [0.2, 0.25) is 0 Å². The topological polar surface area (TPSA) is 114 Å². The molecule has 1 saturated heterocycles. The van der Waals surface area contributed by atoms with Crippen LogP contribution in [0.25, 0.3) is 0 Å². The lowest BCUT2D eigenvalue weighted by Gasteiger charge is -2.43. The third-order valence-corrected chi connectivity index (χ3v) is 5.91. The first-order valence-corrected chi connectivity index (χ1v) is 10.2. The van der Waals surface area contributed by atoms with Gasteiger partial charge in [-0.1, -0.05) is 12.0 Å². The predicted molar refractivity (Wildman–Crippen MR) is 114 cm³/mol. The zero-order valence-corrected chi connectivity index (χ0v) is 18.1. The molecular weight excluding hydrogens is 432 g/mol. The molecule has 0 bridgehead atoms. The van der Waals surface area contributed by atoms with Crippen LogP contribution in [0.15, 0.2) is 24.4 Å². The number of likely N-dealkylation sites (tertiary alicyclic amines) is 1. The Bertz CT molecular complexity index is 1150. The number of nitriles is 1. The van der Waals surface area contributed by atoms with E-state index in [0.29, 0.717) is 17.7 Å². The zero-order valence-electron chi connectivity index (χ0n) is 18.1. The van der Waals surface area contributed by atoms with Crippen molar-refractivity contribution < 1.29 is 23.1 Å². The standard InChI is InChI=1S/C23H23F2N5O3/c1-3-15-4-5-16(18(24)10-15)12-29-9-7-23(6-8-26,20(25)14-29)30-13-17(22(27)32)19(28-30)11-21(31)33-2/h1,4-5,10,13,20H,6-7,9,11-12,14H2,2H3,(H2,27,32). The highest BCUT2D eigenvalue weighted by Crippen LogP contribution is 2.36. The quantitative estimate of drug-likeness (QED) is 0.502. The van der Waals surface area contributed by atoms with Crippen LogP contribution in [-0.4, -0.2) is 52.9 Å². The van der Waals surface area contributed by atoms with Crippen molar-refractivity contribution in [2.75, 3.05) is 20.2 Å². The number of hydrogen-bond donors (Lipinski definition) is 1. The van der Waals surface area contributed by atoms with Crippen molar-refractivity contribution in [3.8, 4) is 18.4 Å². The first-order chi connectivity index (χ1) is 15.7. The molecule has 1 aromatic heterocycles. The summed E-state index contributed by atoms with van der Waals surface area (Å²) in [5, 5.41) is 13.7. The van der Waals surface area contributed by atoms with Gasteiger partial charge in [-0.25, -0.2) is 8.78 Å². The number of amides is 1. The molecular formula is C23H23F2N5O3. The smallest absolute Gasteiger partial charge is 0.311 e. The van der Waals surface area contributed by atoms with E-state index < -0.39 is 29.4 Å². The number of piperidine rings is 1. The zero-order chi connectivity index (χ0) is 24.2. The van der Waals surface area contributed by atoms with Gasteiger partial charge in [-0.3, -0.25) is 19.2 Å². The minimum Gasteiger partial charge on any atom is -0.469 e. The van der Waals surface area contributed by atoms with Crippen molar-refractivity contribution in [2.24, 2.45) is 5.73 Å². The summed E-state index contributed by atoms with van der Waals surface area (Å²) < 4.78 is 35.8. The van der Waals surface area contributed by atoms with Crippen molar-refractivity contribution >= 4 is 11.9 Å². The first kappa shape index (κ1) is 23.9. The number of aromatic nitrogens is 2. The molecule has 1 aromatic carbocycles. The Balaban J connectivity index is 1.87. The van der Waals surface area contributed by atoms with Gasteiger partial charge in [0.25, 0.3) is 5.91 Å². The van der Waals surface area contributed by atoms with Crippen molar-refractivity contribution in [2.45, 2.75) is 37.5 Å². The molecule has 2 aromatic rings. The summed E-state index contributed by atoms with van der Waals surface area (Å²) in [6, 6.07) is 6.44. The van der Waals surface area contributed by atoms with E-state index in [1.54, 1.807) is 17.0 Å². The van der Waals surface area contributed by atoms with Crippen molar-refractivity contribution in [3.05, 3.63) is 52.6 Å². The average molecular weight is 455 g/mol. The Morgan fingerprint density at radius 1 is 1.45 bits per heavy atom. The molecule has 0 aliphatic carbocycles. The second-order valence-corrected chi connectivity index (χ2v) is 7.89. The lowest BCUT2D eigenvalue weighted by Crippen LogP contribution is -2.54. The number of carbonyl (C=O) groups excluding carboxylic acids is 2. The molecule has 1 fully saturated rings. The number of rotatable bonds is 7. The maximum atomic E-state index is 15.6. The number of esters is 1. The van der Waals surface area contributed by atoms with Gasteiger partial charge in [0.15, 0.2) is 0 Å². The second-order valence-electron chi connectivity index (χ2n) is 7.89. The largest absolute Gasteiger partial charge is 0.469 e. The fourth-order valence-electron chi connectivity index (χ4n) is 4.00. The summed E-state index contributed by atoms with van der Waals surface area (Å²) in [5.41, 5.74) is 4.85. The van der Waals surface area contributed by atoms with E-state index in [4.69, 9.17) is 12.2 Å². The third kappa shape index (κ3) is 4.86. The van der Waals surface area contributed by atoms with E-state index in [0.717, 1.165) is 0 Å². The van der Waals surface area contributed by atoms with Crippen LogP contribution in [-0.2, 0) is 28.0 Å². The fraction of sp³-hybridized carbons (Fsp3) is 0.391. The molecule has 0 spiro atoms. The number of methoxy groups -OCH3 is 1. The lowest BCUT2D eigenvalue weighted by molar-refractivity contribution is -0.139. The van der Waals surface area contributed by atoms with Gasteiger partial charge in [0.2, 0.25) is 0 Å². The van der Waals surface area contributed by atoms with Crippen LogP contribution in [0.3, 0.4) is 0 Å². The van der Waals surface area contributed by atoms with Crippen LogP contribution in [0.5, 0.6) is 0 Å². The molecule has 1 aliphatic rings. The second kappa shape index (κ2) is 9.80. The number of nitrogens with zero attached hydrogens (tertiary/aromatic N) is 4. The van der Waals surface area contributed by atoms with E-state index in [1.165, 1.54) is 24.1 Å². The maximum absolute atomic E-state index is 15.6. The molecule has 0 saturated carbocycles. The summed E-state index contributed by atoms with van der Waals surface area (Å²) in [7, 11) is 1.19. The van der Waals surface area contributed by atoms with Gasteiger partial charge < -0.3 is 10.5 Å². The number of hydrogen-bond acceptors (Lipinski definition) is 6. The molecule has 0 radical (unpaired) electrons. The number of ether oxygens (including phenoxy) is 1. The average Bonchev–Trinajstić information content (AvgIpc) is 3.21. The molecule has 1 amide bonds. The Kier molecular flexibility index (Phi) is 7.10. The number of benzene rings is 1. The van der Waals surface area contributed by atoms with Crippen molar-refractivity contribution in [3.63, 3.8) is 0 Å². The van der Waals surface area contributed by atoms with Crippen molar-refractivity contribution in [1.82, 2.24) is 14.7 Å². The fourth-order valence-corrected chi connectivity index (χ4v) is 4.00. The molecule has 2 N–H and O–H groups in total. The highest BCUT2D eigenvalue weighted by molar-refractivity contribution is 5.94. The summed E-state index contributed by atoms with van der Waals surface area (Å²) in [4.78, 5) is 25.3. The highest BCUT2D eigenvalue weighted by Gasteiger charge is 2.46. The predicted octanol–water partition coefficient (Wildman–Crippen LogP) is 1.67. The molecule has 2 unspecified atom stereocenters.